The molecule has 0 amide bonds. The second kappa shape index (κ2) is 3.63. The van der Waals surface area contributed by atoms with Crippen LogP contribution in [-0.2, 0) is 10.0 Å². The first-order valence-corrected chi connectivity index (χ1v) is 6.76. The summed E-state index contributed by atoms with van der Waals surface area (Å²) < 4.78 is 25.0. The van der Waals surface area contributed by atoms with Crippen molar-refractivity contribution < 1.29 is 8.42 Å². The van der Waals surface area contributed by atoms with Crippen LogP contribution in [-0.4, -0.2) is 41.3 Å². The van der Waals surface area contributed by atoms with Gasteiger partial charge in [-0.05, 0) is 12.0 Å². The number of rotatable bonds is 3. The Morgan fingerprint density at radius 1 is 1.64 bits per heavy atom. The summed E-state index contributed by atoms with van der Waals surface area (Å²) in [6, 6.07) is 1.47. The number of hydrogen-bond acceptors (Lipinski definition) is 3. The predicted molar refractivity (Wildman–Crippen MR) is 54.6 cm³/mol. The van der Waals surface area contributed by atoms with Crippen molar-refractivity contribution in [1.82, 2.24) is 14.5 Å². The van der Waals surface area contributed by atoms with Crippen LogP contribution in [0.25, 0.3) is 0 Å². The zero-order chi connectivity index (χ0) is 10.2. The van der Waals surface area contributed by atoms with Crippen LogP contribution >= 0.6 is 15.9 Å². The number of nitrogens with zero attached hydrogens (tertiary/aromatic N) is 2. The minimum absolute atomic E-state index is 0.172. The molecule has 7 heteroatoms. The molecule has 0 bridgehead atoms. The lowest BCUT2D eigenvalue weighted by Gasteiger charge is -2.36. The van der Waals surface area contributed by atoms with Gasteiger partial charge in [-0.25, -0.2) is 8.42 Å². The van der Waals surface area contributed by atoms with Crippen LogP contribution in [0.3, 0.4) is 0 Å². The smallest absolute Gasteiger partial charge is 0.259 e. The normalized spacial score (nSPS) is 19.5. The molecule has 0 saturated carbocycles. The molecule has 0 atom stereocenters. The molecule has 14 heavy (non-hydrogen) atoms. The highest BCUT2D eigenvalue weighted by atomic mass is 79.9. The largest absolute Gasteiger partial charge is 0.266 e. The maximum absolute atomic E-state index is 11.8. The molecule has 1 aromatic rings. The lowest BCUT2D eigenvalue weighted by molar-refractivity contribution is 0.223. The highest BCUT2D eigenvalue weighted by Crippen LogP contribution is 2.24. The van der Waals surface area contributed by atoms with E-state index in [1.807, 2.05) is 0 Å². The summed E-state index contributed by atoms with van der Waals surface area (Å²) >= 11 is 3.33. The van der Waals surface area contributed by atoms with Gasteiger partial charge in [0, 0.05) is 18.4 Å². The van der Waals surface area contributed by atoms with Crippen LogP contribution in [0.4, 0.5) is 0 Å². The SMILES string of the molecule is O=S(=O)(c1ccn[nH]1)N1CC(CBr)C1. The second-order valence-electron chi connectivity index (χ2n) is 3.26. The molecule has 5 nitrogen and oxygen atoms in total. The van der Waals surface area contributed by atoms with Crippen molar-refractivity contribution in [2.24, 2.45) is 5.92 Å². The Morgan fingerprint density at radius 2 is 2.36 bits per heavy atom. The van der Waals surface area contributed by atoms with Crippen LogP contribution in [0, 0.1) is 5.92 Å². The first-order chi connectivity index (χ1) is 6.64. The number of aromatic amines is 1. The van der Waals surface area contributed by atoms with Gasteiger partial charge in [0.25, 0.3) is 10.0 Å². The average molecular weight is 280 g/mol. The number of sulfonamides is 1. The molecule has 0 unspecified atom stereocenters. The fourth-order valence-corrected chi connectivity index (χ4v) is 3.24. The molecule has 1 aromatic heterocycles. The first-order valence-electron chi connectivity index (χ1n) is 4.20. The van der Waals surface area contributed by atoms with E-state index >= 15 is 0 Å². The number of hydrogen-bond donors (Lipinski definition) is 1. The van der Waals surface area contributed by atoms with Crippen molar-refractivity contribution in [2.45, 2.75) is 5.03 Å². The van der Waals surface area contributed by atoms with Gasteiger partial charge in [0.2, 0.25) is 0 Å². The van der Waals surface area contributed by atoms with Crippen molar-refractivity contribution >= 4 is 26.0 Å². The Hall–Kier alpha value is -0.400. The minimum atomic E-state index is -3.31. The van der Waals surface area contributed by atoms with E-state index in [1.165, 1.54) is 16.6 Å². The lowest BCUT2D eigenvalue weighted by atomic mass is 10.1. The van der Waals surface area contributed by atoms with Crippen LogP contribution in [0.5, 0.6) is 0 Å². The van der Waals surface area contributed by atoms with Gasteiger partial charge in [0.15, 0.2) is 5.03 Å². The Morgan fingerprint density at radius 3 is 2.86 bits per heavy atom. The second-order valence-corrected chi connectivity index (χ2v) is 5.82. The third kappa shape index (κ3) is 1.59. The quantitative estimate of drug-likeness (QED) is 0.816. The van der Waals surface area contributed by atoms with E-state index in [2.05, 4.69) is 26.1 Å². The third-order valence-electron chi connectivity index (χ3n) is 2.23. The molecule has 0 aliphatic carbocycles. The van der Waals surface area contributed by atoms with E-state index in [0.717, 1.165) is 5.33 Å². The van der Waals surface area contributed by atoms with Gasteiger partial charge in [0.05, 0.1) is 6.20 Å². The van der Waals surface area contributed by atoms with Gasteiger partial charge >= 0.3 is 0 Å². The van der Waals surface area contributed by atoms with Crippen LogP contribution in [0.2, 0.25) is 0 Å². The molecule has 0 radical (unpaired) electrons. The molecule has 1 aliphatic rings. The van der Waals surface area contributed by atoms with Crippen molar-refractivity contribution in [2.75, 3.05) is 18.4 Å². The zero-order valence-corrected chi connectivity index (χ0v) is 9.75. The molecule has 0 aromatic carbocycles. The van der Waals surface area contributed by atoms with Crippen molar-refractivity contribution in [3.63, 3.8) is 0 Å². The van der Waals surface area contributed by atoms with Crippen LogP contribution < -0.4 is 0 Å². The van der Waals surface area contributed by atoms with Gasteiger partial charge < -0.3 is 0 Å². The van der Waals surface area contributed by atoms with Gasteiger partial charge in [0.1, 0.15) is 0 Å². The number of alkyl halides is 1. The van der Waals surface area contributed by atoms with E-state index in [0.29, 0.717) is 19.0 Å². The number of nitrogens with one attached hydrogen (secondary N) is 1. The average Bonchev–Trinajstić information content (AvgIpc) is 2.53. The van der Waals surface area contributed by atoms with Crippen molar-refractivity contribution in [3.8, 4) is 0 Å². The first kappa shape index (κ1) is 10.1. The molecule has 2 heterocycles. The Labute approximate surface area is 90.7 Å². The lowest BCUT2D eigenvalue weighted by Crippen LogP contribution is -2.50. The highest BCUT2D eigenvalue weighted by Gasteiger charge is 2.36. The summed E-state index contributed by atoms with van der Waals surface area (Å²) in [4.78, 5) is 0. The molecule has 0 spiro atoms. The van der Waals surface area contributed by atoms with Gasteiger partial charge in [-0.2, -0.15) is 9.40 Å². The maximum Gasteiger partial charge on any atom is 0.259 e. The molecule has 1 aliphatic heterocycles. The minimum Gasteiger partial charge on any atom is -0.266 e. The summed E-state index contributed by atoms with van der Waals surface area (Å²) in [5.41, 5.74) is 0. The van der Waals surface area contributed by atoms with Crippen LogP contribution in [0.1, 0.15) is 0 Å². The zero-order valence-electron chi connectivity index (χ0n) is 7.35. The molecular weight excluding hydrogens is 270 g/mol. The third-order valence-corrected chi connectivity index (χ3v) is 4.91. The summed E-state index contributed by atoms with van der Waals surface area (Å²) in [5, 5.41) is 7.12. The summed E-state index contributed by atoms with van der Waals surface area (Å²) in [5.74, 6) is 0.438. The summed E-state index contributed by atoms with van der Waals surface area (Å²) in [6.45, 7) is 1.18. The Balaban J connectivity index is 2.12. The number of aromatic nitrogens is 2. The molecule has 1 N–H and O–H groups in total. The van der Waals surface area contributed by atoms with E-state index < -0.39 is 10.0 Å². The van der Waals surface area contributed by atoms with Crippen LogP contribution in [0.15, 0.2) is 17.3 Å². The van der Waals surface area contributed by atoms with Crippen molar-refractivity contribution in [1.29, 1.82) is 0 Å². The van der Waals surface area contributed by atoms with E-state index in [9.17, 15) is 8.42 Å². The van der Waals surface area contributed by atoms with Gasteiger partial charge in [-0.1, -0.05) is 15.9 Å². The number of H-pyrrole nitrogens is 1. The maximum atomic E-state index is 11.8. The fourth-order valence-electron chi connectivity index (χ4n) is 1.34. The fraction of sp³-hybridized carbons (Fsp3) is 0.571. The molecular formula is C7H10BrN3O2S. The highest BCUT2D eigenvalue weighted by molar-refractivity contribution is 9.09. The molecule has 1 saturated heterocycles. The summed E-state index contributed by atoms with van der Waals surface area (Å²) in [6.07, 6.45) is 1.44. The molecule has 2 rings (SSSR count). The van der Waals surface area contributed by atoms with Gasteiger partial charge in [-0.15, -0.1) is 0 Å². The molecule has 78 valence electrons. The van der Waals surface area contributed by atoms with Gasteiger partial charge in [-0.3, -0.25) is 5.10 Å². The Kier molecular flexibility index (Phi) is 2.63. The van der Waals surface area contributed by atoms with E-state index in [1.54, 1.807) is 0 Å². The predicted octanol–water partition coefficient (Wildman–Crippen LogP) is 0.425. The summed E-state index contributed by atoms with van der Waals surface area (Å²) in [7, 11) is -3.31. The topological polar surface area (TPSA) is 66.1 Å². The van der Waals surface area contributed by atoms with E-state index in [-0.39, 0.29) is 5.03 Å². The number of halogens is 1. The van der Waals surface area contributed by atoms with E-state index in [4.69, 9.17) is 0 Å². The standard InChI is InChI=1S/C7H10BrN3O2S/c8-3-6-4-11(5-6)14(12,13)7-1-2-9-10-7/h1-2,6H,3-5H2,(H,9,10). The molecule has 1 fully saturated rings. The van der Waals surface area contributed by atoms with Crippen molar-refractivity contribution in [3.05, 3.63) is 12.3 Å². The Bertz CT molecular complexity index is 397. The monoisotopic (exact) mass is 279 g/mol.